The standard InChI is InChI=1S/C14H14ClFN4/c1-20(14-12(16)6-11(15)7-19-14)8-9-3-2-4-10(5-9)13(17)18/h2-7H,8H2,1H3,(H3,17,18). The Morgan fingerprint density at radius 1 is 1.45 bits per heavy atom. The zero-order chi connectivity index (χ0) is 14.7. The van der Waals surface area contributed by atoms with Crippen LogP contribution in [0.5, 0.6) is 0 Å². The Morgan fingerprint density at radius 2 is 2.20 bits per heavy atom. The first-order chi connectivity index (χ1) is 9.47. The highest BCUT2D eigenvalue weighted by Gasteiger charge is 2.10. The van der Waals surface area contributed by atoms with Crippen molar-refractivity contribution in [3.05, 3.63) is 58.5 Å². The topological polar surface area (TPSA) is 66.0 Å². The van der Waals surface area contributed by atoms with Gasteiger partial charge in [0.05, 0.1) is 5.02 Å². The molecule has 1 aromatic heterocycles. The van der Waals surface area contributed by atoms with Gasteiger partial charge in [0.1, 0.15) is 5.84 Å². The Kier molecular flexibility index (Phi) is 4.20. The van der Waals surface area contributed by atoms with E-state index in [0.29, 0.717) is 12.1 Å². The molecule has 0 aliphatic heterocycles. The number of halogens is 2. The average molecular weight is 293 g/mol. The highest BCUT2D eigenvalue weighted by atomic mass is 35.5. The van der Waals surface area contributed by atoms with E-state index in [4.69, 9.17) is 22.7 Å². The van der Waals surface area contributed by atoms with Crippen molar-refractivity contribution in [3.8, 4) is 0 Å². The smallest absolute Gasteiger partial charge is 0.167 e. The summed E-state index contributed by atoms with van der Waals surface area (Å²) in [6, 6.07) is 8.48. The number of pyridine rings is 1. The monoisotopic (exact) mass is 292 g/mol. The van der Waals surface area contributed by atoms with E-state index in [2.05, 4.69) is 4.98 Å². The van der Waals surface area contributed by atoms with Crippen molar-refractivity contribution in [2.75, 3.05) is 11.9 Å². The van der Waals surface area contributed by atoms with Crippen molar-refractivity contribution in [3.63, 3.8) is 0 Å². The molecule has 2 rings (SSSR count). The SMILES string of the molecule is CN(Cc1cccc(C(=N)N)c1)c1ncc(Cl)cc1F. The van der Waals surface area contributed by atoms with Crippen LogP contribution in [-0.2, 0) is 6.54 Å². The van der Waals surface area contributed by atoms with Gasteiger partial charge in [-0.15, -0.1) is 0 Å². The van der Waals surface area contributed by atoms with Gasteiger partial charge >= 0.3 is 0 Å². The first kappa shape index (κ1) is 14.3. The molecule has 6 heteroatoms. The molecule has 0 aliphatic carbocycles. The van der Waals surface area contributed by atoms with Crippen LogP contribution in [0.4, 0.5) is 10.2 Å². The molecule has 0 fully saturated rings. The third-order valence-electron chi connectivity index (χ3n) is 2.81. The zero-order valence-electron chi connectivity index (χ0n) is 10.9. The molecule has 0 bridgehead atoms. The Hall–Kier alpha value is -2.14. The molecule has 0 spiro atoms. The molecule has 1 aromatic carbocycles. The number of hydrogen-bond donors (Lipinski definition) is 2. The molecule has 2 aromatic rings. The van der Waals surface area contributed by atoms with E-state index in [1.807, 2.05) is 12.1 Å². The predicted octanol–water partition coefficient (Wildman–Crippen LogP) is 2.79. The molecule has 20 heavy (non-hydrogen) atoms. The second-order valence-electron chi connectivity index (χ2n) is 4.43. The lowest BCUT2D eigenvalue weighted by atomic mass is 10.1. The number of amidine groups is 1. The molecule has 0 saturated carbocycles. The maximum atomic E-state index is 13.8. The Labute approximate surface area is 121 Å². The quantitative estimate of drug-likeness (QED) is 0.673. The van der Waals surface area contributed by atoms with Crippen LogP contribution in [0.1, 0.15) is 11.1 Å². The molecule has 1 heterocycles. The van der Waals surface area contributed by atoms with Crippen molar-refractivity contribution in [2.45, 2.75) is 6.54 Å². The summed E-state index contributed by atoms with van der Waals surface area (Å²) in [5.74, 6) is -0.240. The van der Waals surface area contributed by atoms with Gasteiger partial charge in [0.25, 0.3) is 0 Å². The van der Waals surface area contributed by atoms with Crippen molar-refractivity contribution >= 4 is 23.3 Å². The minimum atomic E-state index is -0.470. The second-order valence-corrected chi connectivity index (χ2v) is 4.87. The van der Waals surface area contributed by atoms with Gasteiger partial charge in [0, 0.05) is 25.4 Å². The van der Waals surface area contributed by atoms with Crippen LogP contribution >= 0.6 is 11.6 Å². The lowest BCUT2D eigenvalue weighted by molar-refractivity contribution is 0.615. The van der Waals surface area contributed by atoms with Crippen LogP contribution in [0.2, 0.25) is 5.02 Å². The first-order valence-corrected chi connectivity index (χ1v) is 6.30. The molecule has 104 valence electrons. The highest BCUT2D eigenvalue weighted by molar-refractivity contribution is 6.30. The van der Waals surface area contributed by atoms with Crippen LogP contribution in [0.25, 0.3) is 0 Å². The summed E-state index contributed by atoms with van der Waals surface area (Å²) >= 11 is 5.68. The molecule has 0 unspecified atom stereocenters. The van der Waals surface area contributed by atoms with Gasteiger partial charge in [-0.3, -0.25) is 5.41 Å². The summed E-state index contributed by atoms with van der Waals surface area (Å²) in [7, 11) is 1.74. The first-order valence-electron chi connectivity index (χ1n) is 5.93. The maximum absolute atomic E-state index is 13.8. The number of rotatable bonds is 4. The van der Waals surface area contributed by atoms with Crippen molar-refractivity contribution in [1.82, 2.24) is 4.98 Å². The summed E-state index contributed by atoms with van der Waals surface area (Å²) in [6.07, 6.45) is 1.41. The van der Waals surface area contributed by atoms with E-state index in [1.165, 1.54) is 12.3 Å². The van der Waals surface area contributed by atoms with Crippen LogP contribution in [-0.4, -0.2) is 17.9 Å². The van der Waals surface area contributed by atoms with E-state index in [9.17, 15) is 4.39 Å². The molecule has 0 radical (unpaired) electrons. The number of benzene rings is 1. The van der Waals surface area contributed by atoms with Gasteiger partial charge in [-0.05, 0) is 17.7 Å². The predicted molar refractivity (Wildman–Crippen MR) is 78.8 cm³/mol. The van der Waals surface area contributed by atoms with Gasteiger partial charge in [-0.2, -0.15) is 0 Å². The van der Waals surface area contributed by atoms with Gasteiger partial charge in [0.2, 0.25) is 0 Å². The Morgan fingerprint density at radius 3 is 2.85 bits per heavy atom. The minimum absolute atomic E-state index is 0.00491. The molecule has 0 atom stereocenters. The van der Waals surface area contributed by atoms with Crippen molar-refractivity contribution in [2.24, 2.45) is 5.73 Å². The molecular weight excluding hydrogens is 279 g/mol. The summed E-state index contributed by atoms with van der Waals surface area (Å²) in [5.41, 5.74) is 7.00. The fourth-order valence-electron chi connectivity index (χ4n) is 1.87. The van der Waals surface area contributed by atoms with Crippen LogP contribution < -0.4 is 10.6 Å². The number of nitrogen functional groups attached to an aromatic ring is 1. The zero-order valence-corrected chi connectivity index (χ0v) is 11.7. The molecule has 0 aliphatic rings. The maximum Gasteiger partial charge on any atom is 0.167 e. The van der Waals surface area contributed by atoms with Crippen LogP contribution in [0.3, 0.4) is 0 Å². The largest absolute Gasteiger partial charge is 0.384 e. The van der Waals surface area contributed by atoms with E-state index in [0.717, 1.165) is 5.56 Å². The van der Waals surface area contributed by atoms with E-state index in [1.54, 1.807) is 24.1 Å². The number of nitrogens with two attached hydrogens (primary N) is 1. The molecular formula is C14H14ClFN4. The summed E-state index contributed by atoms with van der Waals surface area (Å²) in [5, 5.41) is 7.68. The van der Waals surface area contributed by atoms with Gasteiger partial charge < -0.3 is 10.6 Å². The van der Waals surface area contributed by atoms with E-state index >= 15 is 0 Å². The lowest BCUT2D eigenvalue weighted by Crippen LogP contribution is -2.19. The molecule has 3 N–H and O–H groups in total. The van der Waals surface area contributed by atoms with Crippen molar-refractivity contribution in [1.29, 1.82) is 5.41 Å². The number of hydrogen-bond acceptors (Lipinski definition) is 3. The van der Waals surface area contributed by atoms with Crippen LogP contribution in [0.15, 0.2) is 36.5 Å². The normalized spacial score (nSPS) is 10.3. The Bertz CT molecular complexity index is 645. The van der Waals surface area contributed by atoms with Gasteiger partial charge in [0.15, 0.2) is 11.6 Å². The number of aromatic nitrogens is 1. The van der Waals surface area contributed by atoms with Gasteiger partial charge in [-0.1, -0.05) is 29.8 Å². The van der Waals surface area contributed by atoms with Crippen LogP contribution in [0, 0.1) is 11.2 Å². The summed E-state index contributed by atoms with van der Waals surface area (Å²) in [4.78, 5) is 5.66. The summed E-state index contributed by atoms with van der Waals surface area (Å²) < 4.78 is 13.8. The molecule has 0 amide bonds. The minimum Gasteiger partial charge on any atom is -0.384 e. The summed E-state index contributed by atoms with van der Waals surface area (Å²) in [6.45, 7) is 0.451. The van der Waals surface area contributed by atoms with Crippen molar-refractivity contribution < 1.29 is 4.39 Å². The van der Waals surface area contributed by atoms with E-state index < -0.39 is 5.82 Å². The lowest BCUT2D eigenvalue weighted by Gasteiger charge is -2.19. The molecule has 4 nitrogen and oxygen atoms in total. The third-order valence-corrected chi connectivity index (χ3v) is 3.01. The van der Waals surface area contributed by atoms with E-state index in [-0.39, 0.29) is 16.7 Å². The number of nitrogens with zero attached hydrogens (tertiary/aromatic N) is 2. The fraction of sp³-hybridized carbons (Fsp3) is 0.143. The average Bonchev–Trinajstić information content (AvgIpc) is 2.38. The van der Waals surface area contributed by atoms with Gasteiger partial charge in [-0.25, -0.2) is 9.37 Å². The molecule has 0 saturated heterocycles. The number of nitrogens with one attached hydrogen (secondary N) is 1. The third kappa shape index (κ3) is 3.24. The number of anilines is 1. The Balaban J connectivity index is 2.21. The highest BCUT2D eigenvalue weighted by Crippen LogP contribution is 2.20. The fourth-order valence-corrected chi connectivity index (χ4v) is 2.02. The second kappa shape index (κ2) is 5.88.